The van der Waals surface area contributed by atoms with Crippen LogP contribution in [0, 0.1) is 18.8 Å². The number of rotatable bonds is 9. The largest absolute Gasteiger partial charge is 0.381 e. The second-order valence-electron chi connectivity index (χ2n) is 12.0. The van der Waals surface area contributed by atoms with Gasteiger partial charge in [0.05, 0.1) is 19.1 Å². The number of benzene rings is 2. The van der Waals surface area contributed by atoms with Gasteiger partial charge in [-0.1, -0.05) is 31.2 Å². The van der Waals surface area contributed by atoms with Crippen LogP contribution in [0.1, 0.15) is 55.1 Å². The van der Waals surface area contributed by atoms with Gasteiger partial charge >= 0.3 is 0 Å². The fraction of sp³-hybridized carbons (Fsp3) is 0.529. The maximum Gasteiger partial charge on any atom is 0.251 e. The molecule has 3 aliphatic heterocycles. The summed E-state index contributed by atoms with van der Waals surface area (Å²) in [5.41, 5.74) is 5.97. The van der Waals surface area contributed by atoms with Crippen LogP contribution < -0.4 is 15.5 Å². The van der Waals surface area contributed by atoms with E-state index in [1.165, 1.54) is 5.56 Å². The van der Waals surface area contributed by atoms with E-state index in [4.69, 9.17) is 9.47 Å². The number of halogens is 1. The quantitative estimate of drug-likeness (QED) is 0.435. The zero-order valence-electron chi connectivity index (χ0n) is 25.9. The number of hydrogen-bond donors (Lipinski definition) is 2. The van der Waals surface area contributed by atoms with Crippen LogP contribution in [0.3, 0.4) is 0 Å². The van der Waals surface area contributed by atoms with Crippen LogP contribution in [0.2, 0.25) is 0 Å². The molecule has 3 aliphatic rings. The first kappa shape index (κ1) is 31.2. The fourth-order valence-electron chi connectivity index (χ4n) is 6.49. The molecule has 0 spiro atoms. The maximum absolute atomic E-state index is 14.6. The third-order valence-electron chi connectivity index (χ3n) is 9.20. The van der Waals surface area contributed by atoms with Gasteiger partial charge in [-0.05, 0) is 68.0 Å². The van der Waals surface area contributed by atoms with Gasteiger partial charge in [0.15, 0.2) is 0 Å². The summed E-state index contributed by atoms with van der Waals surface area (Å²) in [6.07, 6.45) is 1.87. The van der Waals surface area contributed by atoms with Crippen molar-refractivity contribution in [1.29, 1.82) is 0 Å². The summed E-state index contributed by atoms with van der Waals surface area (Å²) in [5.74, 6) is -2.15. The van der Waals surface area contributed by atoms with Gasteiger partial charge in [0, 0.05) is 74.8 Å². The Labute approximate surface area is 254 Å². The minimum absolute atomic E-state index is 0.0548. The van der Waals surface area contributed by atoms with Crippen LogP contribution >= 0.6 is 0 Å². The van der Waals surface area contributed by atoms with Crippen LogP contribution in [0.25, 0.3) is 11.1 Å². The van der Waals surface area contributed by atoms with Gasteiger partial charge in [-0.3, -0.25) is 14.5 Å². The Kier molecular flexibility index (Phi) is 10.2. The van der Waals surface area contributed by atoms with Crippen molar-refractivity contribution in [2.75, 3.05) is 57.5 Å². The summed E-state index contributed by atoms with van der Waals surface area (Å²) in [5, 5.41) is 5.56. The molecule has 232 valence electrons. The van der Waals surface area contributed by atoms with E-state index in [0.29, 0.717) is 11.6 Å². The lowest BCUT2D eigenvalue weighted by atomic mass is 9.88. The monoisotopic (exact) mass is 592 g/mol. The number of allylic oxidation sites excluding steroid dienone is 2. The second kappa shape index (κ2) is 14.0. The molecule has 8 nitrogen and oxygen atoms in total. The van der Waals surface area contributed by atoms with E-state index >= 15 is 0 Å². The first-order valence-electron chi connectivity index (χ1n) is 15.6. The Bertz CT molecular complexity index is 1330. The number of carbonyl (C=O) groups excluding carboxylic acids is 2. The number of carbonyl (C=O) groups is 2. The van der Waals surface area contributed by atoms with Crippen molar-refractivity contribution >= 4 is 17.5 Å². The molecule has 0 aliphatic carbocycles. The van der Waals surface area contributed by atoms with Gasteiger partial charge in [0.2, 0.25) is 5.91 Å². The highest BCUT2D eigenvalue weighted by atomic mass is 19.1. The highest BCUT2D eigenvalue weighted by Gasteiger charge is 2.34. The second-order valence-corrected chi connectivity index (χ2v) is 12.0. The lowest BCUT2D eigenvalue weighted by Crippen LogP contribution is -2.45. The Morgan fingerprint density at radius 1 is 1.05 bits per heavy atom. The lowest BCUT2D eigenvalue weighted by molar-refractivity contribution is -0.126. The van der Waals surface area contributed by atoms with Gasteiger partial charge in [-0.2, -0.15) is 0 Å². The maximum atomic E-state index is 14.6. The normalized spacial score (nSPS) is 21.9. The molecule has 2 saturated heterocycles. The average molecular weight is 593 g/mol. The van der Waals surface area contributed by atoms with E-state index in [2.05, 4.69) is 57.7 Å². The molecule has 2 aromatic carbocycles. The smallest absolute Gasteiger partial charge is 0.251 e. The zero-order chi connectivity index (χ0) is 30.5. The molecule has 0 saturated carbocycles. The van der Waals surface area contributed by atoms with Crippen LogP contribution in [-0.4, -0.2) is 75.4 Å². The third kappa shape index (κ3) is 7.11. The number of nitrogens with one attached hydrogen (secondary N) is 2. The molecule has 0 radical (unpaired) electrons. The van der Waals surface area contributed by atoms with Crippen LogP contribution in [0.15, 0.2) is 47.9 Å². The molecule has 2 unspecified atom stereocenters. The molecule has 3 heterocycles. The molecule has 0 bridgehead atoms. The van der Waals surface area contributed by atoms with Crippen molar-refractivity contribution in [2.45, 2.75) is 53.1 Å². The summed E-state index contributed by atoms with van der Waals surface area (Å²) in [6, 6.07) is 13.0. The Morgan fingerprint density at radius 2 is 1.72 bits per heavy atom. The van der Waals surface area contributed by atoms with Gasteiger partial charge in [0.25, 0.3) is 5.91 Å². The predicted molar refractivity (Wildman–Crippen MR) is 167 cm³/mol. The zero-order valence-corrected chi connectivity index (χ0v) is 25.9. The fourth-order valence-corrected chi connectivity index (χ4v) is 6.49. The van der Waals surface area contributed by atoms with E-state index in [-0.39, 0.29) is 29.9 Å². The minimum Gasteiger partial charge on any atom is -0.381 e. The van der Waals surface area contributed by atoms with E-state index in [1.807, 2.05) is 13.0 Å². The van der Waals surface area contributed by atoms with Crippen molar-refractivity contribution in [3.63, 3.8) is 0 Å². The van der Waals surface area contributed by atoms with Crippen molar-refractivity contribution in [3.8, 4) is 11.1 Å². The lowest BCUT2D eigenvalue weighted by Gasteiger charge is -2.37. The Hall–Kier alpha value is -3.27. The number of morpholine rings is 1. The third-order valence-corrected chi connectivity index (χ3v) is 9.20. The first-order chi connectivity index (χ1) is 20.8. The molecule has 2 atom stereocenters. The standard InChI is InChI=1S/C34H45FN4O4/c1-5-39(28-10-14-42-15-11-28)31-19-27(26-8-6-25(7-9-26)21-38-12-16-43-17-13-38)18-29(22(31)2)33(40)36-20-30-23(3)32(35)24(4)37-34(30)41/h6-9,18-19,23,28,30H,5,10-17,20-21H2,1-4H3,(H,36,40)(H,37,41). The molecular formula is C34H45FN4O4. The molecule has 9 heteroatoms. The predicted octanol–water partition coefficient (Wildman–Crippen LogP) is 4.81. The van der Waals surface area contributed by atoms with Gasteiger partial charge < -0.3 is 25.0 Å². The SMILES string of the molecule is CCN(c1cc(-c2ccc(CN3CCOCC3)cc2)cc(C(=O)NCC2C(=O)NC(C)=C(F)C2C)c1C)C1CCOCC1. The molecular weight excluding hydrogens is 547 g/mol. The Balaban J connectivity index is 1.43. The van der Waals surface area contributed by atoms with Crippen molar-refractivity contribution in [2.24, 2.45) is 11.8 Å². The summed E-state index contributed by atoms with van der Waals surface area (Å²) in [4.78, 5) is 31.2. The molecule has 2 fully saturated rings. The van der Waals surface area contributed by atoms with Crippen LogP contribution in [0.5, 0.6) is 0 Å². The Morgan fingerprint density at radius 3 is 2.40 bits per heavy atom. The van der Waals surface area contributed by atoms with Gasteiger partial charge in [-0.25, -0.2) is 4.39 Å². The molecule has 43 heavy (non-hydrogen) atoms. The van der Waals surface area contributed by atoms with Crippen molar-refractivity contribution in [3.05, 3.63) is 64.6 Å². The van der Waals surface area contributed by atoms with Gasteiger partial charge in [0.1, 0.15) is 5.83 Å². The van der Waals surface area contributed by atoms with E-state index in [0.717, 1.165) is 87.8 Å². The molecule has 0 aromatic heterocycles. The minimum atomic E-state index is -0.677. The molecule has 5 rings (SSSR count). The van der Waals surface area contributed by atoms with E-state index in [1.54, 1.807) is 13.8 Å². The molecule has 2 amide bonds. The number of anilines is 1. The molecule has 2 aromatic rings. The molecule has 2 N–H and O–H groups in total. The van der Waals surface area contributed by atoms with Crippen molar-refractivity contribution in [1.82, 2.24) is 15.5 Å². The average Bonchev–Trinajstić information content (AvgIpc) is 3.02. The van der Waals surface area contributed by atoms with E-state index < -0.39 is 11.8 Å². The first-order valence-corrected chi connectivity index (χ1v) is 15.6. The van der Waals surface area contributed by atoms with Crippen LogP contribution in [-0.2, 0) is 20.8 Å². The highest BCUT2D eigenvalue weighted by Crippen LogP contribution is 2.34. The topological polar surface area (TPSA) is 83.1 Å². The summed E-state index contributed by atoms with van der Waals surface area (Å²) < 4.78 is 25.7. The van der Waals surface area contributed by atoms with Gasteiger partial charge in [-0.15, -0.1) is 0 Å². The highest BCUT2D eigenvalue weighted by molar-refractivity contribution is 5.99. The summed E-state index contributed by atoms with van der Waals surface area (Å²) in [7, 11) is 0. The van der Waals surface area contributed by atoms with E-state index in [9.17, 15) is 14.0 Å². The number of hydrogen-bond acceptors (Lipinski definition) is 6. The number of nitrogens with zero attached hydrogens (tertiary/aromatic N) is 2. The van der Waals surface area contributed by atoms with Crippen molar-refractivity contribution < 1.29 is 23.5 Å². The summed E-state index contributed by atoms with van der Waals surface area (Å²) in [6.45, 7) is 14.0. The number of amides is 2. The van der Waals surface area contributed by atoms with Crippen LogP contribution in [0.4, 0.5) is 10.1 Å². The number of ether oxygens (including phenoxy) is 2. The summed E-state index contributed by atoms with van der Waals surface area (Å²) >= 11 is 0.